The minimum absolute atomic E-state index is 0.0921. The molecule has 0 fully saturated rings. The van der Waals surface area contributed by atoms with Crippen LogP contribution in [0.2, 0.25) is 0 Å². The van der Waals surface area contributed by atoms with Gasteiger partial charge in [0.05, 0.1) is 13.2 Å². The fourth-order valence-corrected chi connectivity index (χ4v) is 2.51. The Bertz CT molecular complexity index is 587. The van der Waals surface area contributed by atoms with Crippen LogP contribution in [-0.2, 0) is 6.42 Å². The van der Waals surface area contributed by atoms with Gasteiger partial charge in [-0.05, 0) is 54.2 Å². The summed E-state index contributed by atoms with van der Waals surface area (Å²) in [6.07, 6.45) is 1.05. The first-order chi connectivity index (χ1) is 9.56. The third-order valence-electron chi connectivity index (χ3n) is 3.87. The normalized spacial score (nSPS) is 12.2. The molecule has 0 radical (unpaired) electrons. The van der Waals surface area contributed by atoms with Gasteiger partial charge in [-0.15, -0.1) is 0 Å². The zero-order chi connectivity index (χ0) is 14.7. The summed E-state index contributed by atoms with van der Waals surface area (Å²) in [7, 11) is 1.70. The van der Waals surface area contributed by atoms with E-state index in [2.05, 4.69) is 57.2 Å². The van der Waals surface area contributed by atoms with Gasteiger partial charge in [-0.1, -0.05) is 37.3 Å². The van der Waals surface area contributed by atoms with Gasteiger partial charge >= 0.3 is 0 Å². The van der Waals surface area contributed by atoms with Crippen molar-refractivity contribution < 1.29 is 4.74 Å². The number of ether oxygens (including phenoxy) is 1. The molecule has 0 aliphatic rings. The molecule has 0 aliphatic carbocycles. The summed E-state index contributed by atoms with van der Waals surface area (Å²) in [4.78, 5) is 0. The van der Waals surface area contributed by atoms with Gasteiger partial charge in [-0.2, -0.15) is 0 Å². The third kappa shape index (κ3) is 2.86. The molecule has 1 unspecified atom stereocenters. The number of aryl methyl sites for hydroxylation is 3. The Hall–Kier alpha value is -1.80. The van der Waals surface area contributed by atoms with E-state index in [1.165, 1.54) is 11.1 Å². The molecule has 2 nitrogen and oxygen atoms in total. The number of benzene rings is 2. The van der Waals surface area contributed by atoms with Crippen molar-refractivity contribution in [1.29, 1.82) is 0 Å². The first-order valence-corrected chi connectivity index (χ1v) is 7.06. The Morgan fingerprint density at radius 1 is 1.05 bits per heavy atom. The largest absolute Gasteiger partial charge is 0.496 e. The molecule has 1 atom stereocenters. The molecule has 0 bridgehead atoms. The maximum absolute atomic E-state index is 6.43. The van der Waals surface area contributed by atoms with Crippen molar-refractivity contribution in [3.8, 4) is 5.75 Å². The van der Waals surface area contributed by atoms with Crippen molar-refractivity contribution in [3.05, 3.63) is 64.2 Å². The van der Waals surface area contributed by atoms with Crippen LogP contribution in [0, 0.1) is 13.8 Å². The average molecular weight is 269 g/mol. The van der Waals surface area contributed by atoms with Crippen molar-refractivity contribution in [1.82, 2.24) is 0 Å². The van der Waals surface area contributed by atoms with Crippen molar-refractivity contribution in [2.75, 3.05) is 7.11 Å². The summed E-state index contributed by atoms with van der Waals surface area (Å²) in [5, 5.41) is 0. The minimum Gasteiger partial charge on any atom is -0.496 e. The Kier molecular flexibility index (Phi) is 4.46. The topological polar surface area (TPSA) is 35.2 Å². The van der Waals surface area contributed by atoms with Crippen molar-refractivity contribution in [2.45, 2.75) is 33.2 Å². The lowest BCUT2D eigenvalue weighted by Crippen LogP contribution is -2.13. The van der Waals surface area contributed by atoms with E-state index in [1.807, 2.05) is 0 Å². The zero-order valence-electron chi connectivity index (χ0n) is 12.7. The van der Waals surface area contributed by atoms with E-state index in [9.17, 15) is 0 Å². The highest BCUT2D eigenvalue weighted by molar-refractivity contribution is 5.45. The van der Waals surface area contributed by atoms with Gasteiger partial charge in [0, 0.05) is 0 Å². The summed E-state index contributed by atoms with van der Waals surface area (Å²) in [6.45, 7) is 6.29. The molecule has 0 amide bonds. The molecule has 106 valence electrons. The number of hydrogen-bond acceptors (Lipinski definition) is 2. The first-order valence-electron chi connectivity index (χ1n) is 7.06. The molecule has 0 heterocycles. The van der Waals surface area contributed by atoms with E-state index >= 15 is 0 Å². The monoisotopic (exact) mass is 269 g/mol. The van der Waals surface area contributed by atoms with Gasteiger partial charge < -0.3 is 10.5 Å². The lowest BCUT2D eigenvalue weighted by Gasteiger charge is -2.18. The Balaban J connectivity index is 2.36. The molecule has 2 rings (SSSR count). The van der Waals surface area contributed by atoms with Crippen LogP contribution in [0.5, 0.6) is 5.75 Å². The molecule has 0 saturated heterocycles. The predicted octanol–water partition coefficient (Wildman–Crippen LogP) is 3.92. The van der Waals surface area contributed by atoms with Crippen molar-refractivity contribution in [2.24, 2.45) is 5.73 Å². The standard InChI is InChI=1S/C18H23NO/c1-5-14-6-8-15(9-7-14)18(19)16-10-13(3)17(20-4)11-12(16)2/h6-11,18H,5,19H2,1-4H3. The fourth-order valence-electron chi connectivity index (χ4n) is 2.51. The van der Waals surface area contributed by atoms with Gasteiger partial charge in [0.25, 0.3) is 0 Å². The highest BCUT2D eigenvalue weighted by Crippen LogP contribution is 2.29. The third-order valence-corrected chi connectivity index (χ3v) is 3.87. The van der Waals surface area contributed by atoms with Crippen LogP contribution in [0.3, 0.4) is 0 Å². The van der Waals surface area contributed by atoms with E-state index in [0.717, 1.165) is 28.9 Å². The van der Waals surface area contributed by atoms with E-state index in [4.69, 9.17) is 10.5 Å². The second kappa shape index (κ2) is 6.10. The summed E-state index contributed by atoms with van der Waals surface area (Å²) < 4.78 is 5.36. The highest BCUT2D eigenvalue weighted by atomic mass is 16.5. The number of nitrogens with two attached hydrogens (primary N) is 1. The SMILES string of the molecule is CCc1ccc(C(N)c2cc(C)c(OC)cc2C)cc1. The van der Waals surface area contributed by atoms with Crippen molar-refractivity contribution in [3.63, 3.8) is 0 Å². The van der Waals surface area contributed by atoms with Crippen LogP contribution < -0.4 is 10.5 Å². The number of hydrogen-bond donors (Lipinski definition) is 1. The maximum Gasteiger partial charge on any atom is 0.122 e. The smallest absolute Gasteiger partial charge is 0.122 e. The highest BCUT2D eigenvalue weighted by Gasteiger charge is 2.13. The molecule has 2 aromatic carbocycles. The van der Waals surface area contributed by atoms with E-state index < -0.39 is 0 Å². The van der Waals surface area contributed by atoms with Crippen LogP contribution in [0.25, 0.3) is 0 Å². The second-order valence-corrected chi connectivity index (χ2v) is 5.25. The van der Waals surface area contributed by atoms with Crippen LogP contribution in [0.15, 0.2) is 36.4 Å². The predicted molar refractivity (Wildman–Crippen MR) is 84.3 cm³/mol. The Morgan fingerprint density at radius 2 is 1.70 bits per heavy atom. The van der Waals surface area contributed by atoms with Gasteiger partial charge in [0.15, 0.2) is 0 Å². The van der Waals surface area contributed by atoms with E-state index in [0.29, 0.717) is 0 Å². The lowest BCUT2D eigenvalue weighted by molar-refractivity contribution is 0.411. The summed E-state index contributed by atoms with van der Waals surface area (Å²) in [6, 6.07) is 12.7. The molecule has 0 spiro atoms. The fraction of sp³-hybridized carbons (Fsp3) is 0.333. The quantitative estimate of drug-likeness (QED) is 0.913. The van der Waals surface area contributed by atoms with Crippen LogP contribution in [-0.4, -0.2) is 7.11 Å². The van der Waals surface area contributed by atoms with Gasteiger partial charge in [0.2, 0.25) is 0 Å². The van der Waals surface area contributed by atoms with Gasteiger partial charge in [0.1, 0.15) is 5.75 Å². The molecule has 20 heavy (non-hydrogen) atoms. The summed E-state index contributed by atoms with van der Waals surface area (Å²) in [5.74, 6) is 0.916. The molecular formula is C18H23NO. The molecule has 2 N–H and O–H groups in total. The minimum atomic E-state index is -0.0921. The molecule has 2 heteroatoms. The van der Waals surface area contributed by atoms with Crippen LogP contribution in [0.4, 0.5) is 0 Å². The Morgan fingerprint density at radius 3 is 2.25 bits per heavy atom. The first kappa shape index (κ1) is 14.6. The zero-order valence-corrected chi connectivity index (χ0v) is 12.7. The molecular weight excluding hydrogens is 246 g/mol. The molecule has 2 aromatic rings. The lowest BCUT2D eigenvalue weighted by atomic mass is 9.93. The van der Waals surface area contributed by atoms with Gasteiger partial charge in [-0.25, -0.2) is 0 Å². The Labute approximate surface area is 121 Å². The molecule has 0 aromatic heterocycles. The van der Waals surface area contributed by atoms with Crippen LogP contribution in [0.1, 0.15) is 40.8 Å². The molecule has 0 saturated carbocycles. The number of rotatable bonds is 4. The van der Waals surface area contributed by atoms with Gasteiger partial charge in [-0.3, -0.25) is 0 Å². The summed E-state index contributed by atoms with van der Waals surface area (Å²) in [5.41, 5.74) is 12.4. The average Bonchev–Trinajstić information content (AvgIpc) is 2.48. The maximum atomic E-state index is 6.43. The van der Waals surface area contributed by atoms with Crippen molar-refractivity contribution >= 4 is 0 Å². The summed E-state index contributed by atoms with van der Waals surface area (Å²) >= 11 is 0. The number of methoxy groups -OCH3 is 1. The van der Waals surface area contributed by atoms with E-state index in [-0.39, 0.29) is 6.04 Å². The van der Waals surface area contributed by atoms with E-state index in [1.54, 1.807) is 7.11 Å². The second-order valence-electron chi connectivity index (χ2n) is 5.25. The van der Waals surface area contributed by atoms with Crippen LogP contribution >= 0.6 is 0 Å². The molecule has 0 aliphatic heterocycles.